The summed E-state index contributed by atoms with van der Waals surface area (Å²) in [6.07, 6.45) is -1.31. The van der Waals surface area contributed by atoms with Gasteiger partial charge in [0.15, 0.2) is 6.44 Å². The Morgan fingerprint density at radius 3 is 1.86 bits per heavy atom. The van der Waals surface area contributed by atoms with E-state index in [9.17, 15) is 12.9 Å². The maximum Gasteiger partial charge on any atom is 0.557 e. The molecule has 0 N–H and O–H groups in total. The molecule has 0 atom stereocenters. The largest absolute Gasteiger partial charge is 0.557 e. The molecule has 0 radical (unpaired) electrons. The van der Waals surface area contributed by atoms with E-state index in [2.05, 4.69) is 4.85 Å². The lowest BCUT2D eigenvalue weighted by molar-refractivity contribution is 0.479. The molecule has 7 heavy (non-hydrogen) atoms. The molecule has 1 nitrogen and oxygen atoms in total. The summed E-state index contributed by atoms with van der Waals surface area (Å²) < 4.78 is 32.7. The molecule has 0 aliphatic heterocycles. The zero-order valence-electron chi connectivity index (χ0n) is 3.37. The second-order valence-electron chi connectivity index (χ2n) is 1.05. The summed E-state index contributed by atoms with van der Waals surface area (Å²) in [5, 5.41) is 0. The van der Waals surface area contributed by atoms with E-state index in [4.69, 9.17) is 6.57 Å². The van der Waals surface area contributed by atoms with Crippen LogP contribution >= 0.6 is 0 Å². The van der Waals surface area contributed by atoms with E-state index in [1.165, 1.54) is 0 Å². The van der Waals surface area contributed by atoms with Gasteiger partial charge in [-0.05, 0) is 0 Å². The summed E-state index contributed by atoms with van der Waals surface area (Å²) in [5.74, 6) is 0. The first-order chi connectivity index (χ1) is 3.06. The summed E-state index contributed by atoms with van der Waals surface area (Å²) >= 11 is 0. The normalized spacial score (nSPS) is 10.6. The summed E-state index contributed by atoms with van der Waals surface area (Å²) in [5.41, 5.74) is 0. The van der Waals surface area contributed by atoms with Gasteiger partial charge in [0.2, 0.25) is 0 Å². The van der Waals surface area contributed by atoms with Gasteiger partial charge < -0.3 is 17.8 Å². The Kier molecular flexibility index (Phi) is 1.70. The standard InChI is InChI=1S/C2H2BF3N/c1-7-2-3(4,5)6/h2H2/q-1. The second-order valence-corrected chi connectivity index (χ2v) is 1.05. The maximum atomic E-state index is 10.9. The molecule has 0 aliphatic rings. The first kappa shape index (κ1) is 6.34. The van der Waals surface area contributed by atoms with Gasteiger partial charge in [-0.25, -0.2) is 6.57 Å². The van der Waals surface area contributed by atoms with Gasteiger partial charge in [-0.15, -0.1) is 0 Å². The van der Waals surface area contributed by atoms with Gasteiger partial charge in [0.05, 0.1) is 0 Å². The Hall–Kier alpha value is -0.655. The van der Waals surface area contributed by atoms with Crippen molar-refractivity contribution in [3.63, 3.8) is 0 Å². The van der Waals surface area contributed by atoms with Crippen LogP contribution in [0.3, 0.4) is 0 Å². The Labute approximate surface area is 39.0 Å². The van der Waals surface area contributed by atoms with Crippen molar-refractivity contribution < 1.29 is 12.9 Å². The van der Waals surface area contributed by atoms with Gasteiger partial charge in [0.1, 0.15) is 0 Å². The van der Waals surface area contributed by atoms with E-state index >= 15 is 0 Å². The molecule has 5 heteroatoms. The molecule has 0 spiro atoms. The van der Waals surface area contributed by atoms with Crippen LogP contribution in [-0.2, 0) is 0 Å². The van der Waals surface area contributed by atoms with Crippen LogP contribution in [0.4, 0.5) is 12.9 Å². The van der Waals surface area contributed by atoms with E-state index in [0.717, 1.165) is 0 Å². The van der Waals surface area contributed by atoms with E-state index in [1.807, 2.05) is 0 Å². The average Bonchev–Trinajstić information content (AvgIpc) is 1.30. The van der Waals surface area contributed by atoms with Crippen molar-refractivity contribution in [2.45, 2.75) is 0 Å². The number of rotatable bonds is 1. The zero-order valence-corrected chi connectivity index (χ0v) is 3.37. The van der Waals surface area contributed by atoms with Gasteiger partial charge in [-0.3, -0.25) is 0 Å². The minimum absolute atomic E-state index is 1.31. The molecule has 0 saturated heterocycles. The van der Waals surface area contributed by atoms with E-state index in [0.29, 0.717) is 0 Å². The highest BCUT2D eigenvalue weighted by Gasteiger charge is 2.27. The predicted molar refractivity (Wildman–Crippen MR) is 20.5 cm³/mol. The monoisotopic (exact) mass is 108 g/mol. The van der Waals surface area contributed by atoms with Crippen LogP contribution in [0.5, 0.6) is 0 Å². The van der Waals surface area contributed by atoms with Gasteiger partial charge in [0.25, 0.3) is 0 Å². The molecular weight excluding hydrogens is 106 g/mol. The fourth-order valence-electron chi connectivity index (χ4n) is 0.104. The second kappa shape index (κ2) is 1.87. The number of halogens is 3. The molecule has 0 aromatic carbocycles. The highest BCUT2D eigenvalue weighted by atomic mass is 19.4. The molecule has 0 saturated carbocycles. The van der Waals surface area contributed by atoms with Gasteiger partial charge in [-0.1, -0.05) is 0 Å². The highest BCUT2D eigenvalue weighted by molar-refractivity contribution is 6.59. The molecule has 0 heterocycles. The fourth-order valence-corrected chi connectivity index (χ4v) is 0.104. The molecule has 0 aromatic rings. The molecule has 0 aliphatic carbocycles. The van der Waals surface area contributed by atoms with Crippen LogP contribution in [0.15, 0.2) is 0 Å². The van der Waals surface area contributed by atoms with Gasteiger partial charge >= 0.3 is 6.98 Å². The molecule has 0 unspecified atom stereocenters. The lowest BCUT2D eigenvalue weighted by Crippen LogP contribution is -2.18. The quantitative estimate of drug-likeness (QED) is 0.352. The Morgan fingerprint density at radius 1 is 1.43 bits per heavy atom. The fraction of sp³-hybridized carbons (Fsp3) is 0.500. The van der Waals surface area contributed by atoms with Crippen LogP contribution in [0.2, 0.25) is 0 Å². The van der Waals surface area contributed by atoms with E-state index in [1.54, 1.807) is 0 Å². The van der Waals surface area contributed by atoms with Crippen molar-refractivity contribution in [1.29, 1.82) is 0 Å². The maximum absolute atomic E-state index is 10.9. The first-order valence-electron chi connectivity index (χ1n) is 1.60. The van der Waals surface area contributed by atoms with Crippen molar-refractivity contribution in [3.05, 3.63) is 11.4 Å². The smallest absolute Gasteiger partial charge is 0.444 e. The Morgan fingerprint density at radius 2 is 1.86 bits per heavy atom. The van der Waals surface area contributed by atoms with Crippen molar-refractivity contribution in [2.24, 2.45) is 0 Å². The zero-order chi connectivity index (χ0) is 5.91. The molecule has 40 valence electrons. The minimum atomic E-state index is -4.85. The van der Waals surface area contributed by atoms with Crippen molar-refractivity contribution >= 4 is 6.98 Å². The molecule has 0 bridgehead atoms. The van der Waals surface area contributed by atoms with E-state index in [-0.39, 0.29) is 0 Å². The first-order valence-corrected chi connectivity index (χ1v) is 1.60. The molecule has 0 fully saturated rings. The predicted octanol–water partition coefficient (Wildman–Crippen LogP) is 1.29. The van der Waals surface area contributed by atoms with Crippen LogP contribution in [0.1, 0.15) is 0 Å². The summed E-state index contributed by atoms with van der Waals surface area (Å²) in [6.45, 7) is 0.932. The van der Waals surface area contributed by atoms with Crippen LogP contribution < -0.4 is 0 Å². The summed E-state index contributed by atoms with van der Waals surface area (Å²) in [7, 11) is 0. The minimum Gasteiger partial charge on any atom is -0.444 e. The molecule has 0 amide bonds. The summed E-state index contributed by atoms with van der Waals surface area (Å²) in [4.78, 5) is 2.16. The third-order valence-corrected chi connectivity index (χ3v) is 0.298. The SMILES string of the molecule is [C-]#[N+]C[B-](F)(F)F. The lowest BCUT2D eigenvalue weighted by atomic mass is 9.93. The summed E-state index contributed by atoms with van der Waals surface area (Å²) in [6, 6.07) is 0. The third-order valence-electron chi connectivity index (χ3n) is 0.298. The van der Waals surface area contributed by atoms with Crippen LogP contribution in [0, 0.1) is 6.57 Å². The third kappa shape index (κ3) is 5.34. The van der Waals surface area contributed by atoms with Crippen molar-refractivity contribution in [1.82, 2.24) is 0 Å². The van der Waals surface area contributed by atoms with Crippen molar-refractivity contribution in [3.8, 4) is 0 Å². The van der Waals surface area contributed by atoms with E-state index < -0.39 is 13.4 Å². The Bertz CT molecular complexity index is 90.1. The van der Waals surface area contributed by atoms with Crippen LogP contribution in [-0.4, -0.2) is 13.4 Å². The van der Waals surface area contributed by atoms with Crippen molar-refractivity contribution in [2.75, 3.05) is 6.44 Å². The number of hydrogen-bond donors (Lipinski definition) is 0. The molecular formula is C2H2BF3N-. The topological polar surface area (TPSA) is 4.36 Å². The lowest BCUT2D eigenvalue weighted by Gasteiger charge is -2.01. The average molecular weight is 108 g/mol. The highest BCUT2D eigenvalue weighted by Crippen LogP contribution is 2.06. The molecule has 0 rings (SSSR count). The van der Waals surface area contributed by atoms with Gasteiger partial charge in [-0.2, -0.15) is 0 Å². The van der Waals surface area contributed by atoms with Gasteiger partial charge in [0, 0.05) is 0 Å². The number of hydrogen-bond acceptors (Lipinski definition) is 0. The molecule has 0 aromatic heterocycles. The number of nitrogens with zero attached hydrogens (tertiary/aromatic N) is 1. The Balaban J connectivity index is 3.40. The van der Waals surface area contributed by atoms with Crippen LogP contribution in [0.25, 0.3) is 4.85 Å².